The van der Waals surface area contributed by atoms with Gasteiger partial charge in [-0.2, -0.15) is 0 Å². The second-order valence-corrected chi connectivity index (χ2v) is 11.1. The van der Waals surface area contributed by atoms with Crippen LogP contribution in [-0.2, 0) is 22.0 Å². The minimum atomic E-state index is -4.06. The third-order valence-corrected chi connectivity index (χ3v) is 6.89. The van der Waals surface area contributed by atoms with Crippen molar-refractivity contribution in [3.8, 4) is 0 Å². The van der Waals surface area contributed by atoms with Crippen LogP contribution in [0.15, 0.2) is 53.6 Å². The highest BCUT2D eigenvalue weighted by molar-refractivity contribution is 7.90. The van der Waals surface area contributed by atoms with E-state index >= 15 is 0 Å². The van der Waals surface area contributed by atoms with Gasteiger partial charge in [0.05, 0.1) is 4.90 Å². The zero-order valence-electron chi connectivity index (χ0n) is 19.5. The molecule has 0 atom stereocenters. The quantitative estimate of drug-likeness (QED) is 0.545. The molecule has 0 radical (unpaired) electrons. The van der Waals surface area contributed by atoms with Crippen LogP contribution in [0, 0.1) is 20.8 Å². The van der Waals surface area contributed by atoms with Gasteiger partial charge in [0, 0.05) is 19.9 Å². The fourth-order valence-electron chi connectivity index (χ4n) is 3.79. The number of rotatable bonds is 5. The Morgan fingerprint density at radius 2 is 1.69 bits per heavy atom. The van der Waals surface area contributed by atoms with Crippen LogP contribution in [0.4, 0.5) is 5.69 Å². The van der Waals surface area contributed by atoms with Crippen molar-refractivity contribution in [2.24, 2.45) is 0 Å². The number of nitrogens with two attached hydrogens (primary N) is 1. The van der Waals surface area contributed by atoms with Gasteiger partial charge in [-0.3, -0.25) is 4.79 Å². The van der Waals surface area contributed by atoms with Crippen molar-refractivity contribution in [2.75, 3.05) is 5.73 Å². The molecule has 3 rings (SSSR count). The highest BCUT2D eigenvalue weighted by atomic mass is 32.2. The molecule has 3 aromatic rings. The van der Waals surface area contributed by atoms with Crippen molar-refractivity contribution in [3.05, 3.63) is 82.2 Å². The van der Waals surface area contributed by atoms with Crippen molar-refractivity contribution in [2.45, 2.75) is 58.4 Å². The van der Waals surface area contributed by atoms with E-state index in [1.807, 2.05) is 24.6 Å². The van der Waals surface area contributed by atoms with Gasteiger partial charge in [0.1, 0.15) is 5.69 Å². The van der Waals surface area contributed by atoms with Crippen LogP contribution in [0.25, 0.3) is 0 Å². The molecule has 0 aliphatic heterocycles. The zero-order chi connectivity index (χ0) is 23.8. The molecule has 0 fully saturated rings. The maximum Gasteiger partial charge on any atom is 0.281 e. The fraction of sp³-hybridized carbons (Fsp3) is 0.320. The topological polar surface area (TPSA) is 94.2 Å². The predicted octanol–water partition coefficient (Wildman–Crippen LogP) is 4.71. The van der Waals surface area contributed by atoms with Gasteiger partial charge in [-0.05, 0) is 72.7 Å². The Balaban J connectivity index is 0.00000385. The first-order valence-electron chi connectivity index (χ1n) is 10.5. The van der Waals surface area contributed by atoms with Gasteiger partial charge < -0.3 is 10.3 Å². The van der Waals surface area contributed by atoms with E-state index in [2.05, 4.69) is 44.5 Å². The molecule has 0 aliphatic carbocycles. The summed E-state index contributed by atoms with van der Waals surface area (Å²) in [5.41, 5.74) is 11.6. The molecule has 2 aromatic carbocycles. The molecule has 3 N–H and O–H groups in total. The van der Waals surface area contributed by atoms with Crippen LogP contribution in [0.3, 0.4) is 0 Å². The number of hydrogen-bond acceptors (Lipinski definition) is 4. The van der Waals surface area contributed by atoms with Gasteiger partial charge in [0.15, 0.2) is 0 Å². The second-order valence-electron chi connectivity index (χ2n) is 9.38. The molecular weight excluding hydrogens is 422 g/mol. The summed E-state index contributed by atoms with van der Waals surface area (Å²) in [6.07, 6.45) is 1.93. The molecule has 7 heteroatoms. The van der Waals surface area contributed by atoms with Crippen LogP contribution in [0.5, 0.6) is 0 Å². The number of carbonyl (C=O) groups excluding carboxylic acids is 1. The number of sulfonamides is 1. The van der Waals surface area contributed by atoms with Gasteiger partial charge in [0.25, 0.3) is 15.9 Å². The van der Waals surface area contributed by atoms with Gasteiger partial charge in [-0.25, -0.2) is 13.1 Å². The van der Waals surface area contributed by atoms with Gasteiger partial charge in [0.2, 0.25) is 0 Å². The number of carbonyl (C=O) groups is 1. The lowest BCUT2D eigenvalue weighted by atomic mass is 9.89. The highest BCUT2D eigenvalue weighted by Crippen LogP contribution is 2.27. The van der Waals surface area contributed by atoms with E-state index in [1.54, 1.807) is 12.1 Å². The molecule has 0 spiro atoms. The number of nitrogens with zero attached hydrogens (tertiary/aromatic N) is 1. The van der Waals surface area contributed by atoms with E-state index < -0.39 is 15.9 Å². The number of amides is 1. The smallest absolute Gasteiger partial charge is 0.281 e. The monoisotopic (exact) mass is 455 g/mol. The van der Waals surface area contributed by atoms with Crippen molar-refractivity contribution < 1.29 is 14.6 Å². The Bertz CT molecular complexity index is 1270. The minimum absolute atomic E-state index is 0. The number of aryl methyl sites for hydroxylation is 3. The highest BCUT2D eigenvalue weighted by Gasteiger charge is 2.25. The molecule has 0 saturated heterocycles. The van der Waals surface area contributed by atoms with Crippen molar-refractivity contribution in [1.29, 1.82) is 0 Å². The SMILES string of the molecule is Cc1cc(C)c(Cn2cc(C(C)(C)C)cc2C(=O)NS(=O)(=O)c2cccc(N)c2)c(C)c1.[HH]. The Morgan fingerprint density at radius 3 is 2.25 bits per heavy atom. The average Bonchev–Trinajstić information content (AvgIpc) is 3.09. The Hall–Kier alpha value is -3.06. The molecular formula is C25H33N3O3S. The van der Waals surface area contributed by atoms with Gasteiger partial charge in [-0.1, -0.05) is 44.5 Å². The molecule has 1 heterocycles. The van der Waals surface area contributed by atoms with Crippen molar-refractivity contribution in [3.63, 3.8) is 0 Å². The van der Waals surface area contributed by atoms with Crippen molar-refractivity contribution in [1.82, 2.24) is 9.29 Å². The Kier molecular flexibility index (Phi) is 6.24. The molecule has 1 aromatic heterocycles. The summed E-state index contributed by atoms with van der Waals surface area (Å²) in [5.74, 6) is -0.676. The van der Waals surface area contributed by atoms with E-state index in [-0.39, 0.29) is 11.7 Å². The van der Waals surface area contributed by atoms with E-state index in [4.69, 9.17) is 5.73 Å². The molecule has 32 heavy (non-hydrogen) atoms. The summed E-state index contributed by atoms with van der Waals surface area (Å²) >= 11 is 0. The number of nitrogens with one attached hydrogen (secondary N) is 1. The van der Waals surface area contributed by atoms with Gasteiger partial charge >= 0.3 is 0 Å². The third kappa shape index (κ3) is 5.05. The molecule has 0 saturated carbocycles. The lowest BCUT2D eigenvalue weighted by Crippen LogP contribution is -2.32. The van der Waals surface area contributed by atoms with Crippen LogP contribution < -0.4 is 10.5 Å². The first-order valence-corrected chi connectivity index (χ1v) is 12.0. The first kappa shape index (κ1) is 23.6. The first-order chi connectivity index (χ1) is 14.8. The standard InChI is InChI=1S/C25H31N3O3S.H2/c1-16-10-17(2)22(18(3)11-16)15-28-14-19(25(4,5)6)12-23(28)24(29)27-32(30,31)21-9-7-8-20(26)13-21;/h7-14H,15,26H2,1-6H3,(H,27,29);1H. The molecule has 0 unspecified atom stereocenters. The number of hydrogen-bond donors (Lipinski definition) is 2. The third-order valence-electron chi connectivity index (χ3n) is 5.56. The number of benzene rings is 2. The second kappa shape index (κ2) is 8.47. The Morgan fingerprint density at radius 1 is 1.06 bits per heavy atom. The lowest BCUT2D eigenvalue weighted by molar-refractivity contribution is 0.0973. The molecule has 6 nitrogen and oxygen atoms in total. The summed E-state index contributed by atoms with van der Waals surface area (Å²) in [7, 11) is -4.06. The summed E-state index contributed by atoms with van der Waals surface area (Å²) in [5, 5.41) is 0. The van der Waals surface area contributed by atoms with Crippen LogP contribution in [0.1, 0.15) is 60.5 Å². The molecule has 0 aliphatic rings. The van der Waals surface area contributed by atoms with Crippen molar-refractivity contribution >= 4 is 21.6 Å². The normalized spacial score (nSPS) is 12.1. The summed E-state index contributed by atoms with van der Waals surface area (Å²) in [4.78, 5) is 13.1. The molecule has 0 bridgehead atoms. The van der Waals surface area contributed by atoms with E-state index in [1.165, 1.54) is 23.8 Å². The summed E-state index contributed by atoms with van der Waals surface area (Å²) in [6, 6.07) is 11.9. The predicted molar refractivity (Wildman–Crippen MR) is 131 cm³/mol. The number of aromatic nitrogens is 1. The largest absolute Gasteiger partial charge is 0.399 e. The van der Waals surface area contributed by atoms with E-state index in [0.29, 0.717) is 17.9 Å². The van der Waals surface area contributed by atoms with E-state index in [0.717, 1.165) is 22.3 Å². The van der Waals surface area contributed by atoms with E-state index in [9.17, 15) is 13.2 Å². The Labute approximate surface area is 192 Å². The van der Waals surface area contributed by atoms with Crippen LogP contribution in [-0.4, -0.2) is 18.9 Å². The molecule has 172 valence electrons. The van der Waals surface area contributed by atoms with Gasteiger partial charge in [-0.15, -0.1) is 0 Å². The molecule has 1 amide bonds. The number of anilines is 1. The summed E-state index contributed by atoms with van der Waals surface area (Å²) in [6.45, 7) is 12.8. The zero-order valence-corrected chi connectivity index (χ0v) is 20.3. The maximum atomic E-state index is 13.2. The van der Waals surface area contributed by atoms with Crippen LogP contribution in [0.2, 0.25) is 0 Å². The average molecular weight is 456 g/mol. The fourth-order valence-corrected chi connectivity index (χ4v) is 4.80. The maximum absolute atomic E-state index is 13.2. The lowest BCUT2D eigenvalue weighted by Gasteiger charge is -2.16. The summed E-state index contributed by atoms with van der Waals surface area (Å²) < 4.78 is 29.6. The minimum Gasteiger partial charge on any atom is -0.399 e. The number of nitrogen functional groups attached to an aromatic ring is 1. The van der Waals surface area contributed by atoms with Crippen LogP contribution >= 0.6 is 0 Å².